The van der Waals surface area contributed by atoms with E-state index in [4.69, 9.17) is 4.74 Å². The molecule has 0 amide bonds. The lowest BCUT2D eigenvalue weighted by Gasteiger charge is -2.36. The first-order valence-corrected chi connectivity index (χ1v) is 7.51. The Hall–Kier alpha value is -1.62. The third kappa shape index (κ3) is 3.73. The number of nitrogens with zero attached hydrogens (tertiary/aromatic N) is 2. The van der Waals surface area contributed by atoms with E-state index in [9.17, 15) is 9.90 Å². The summed E-state index contributed by atoms with van der Waals surface area (Å²) in [7, 11) is 1.91. The average molecular weight is 292 g/mol. The van der Waals surface area contributed by atoms with Gasteiger partial charge in [0.15, 0.2) is 0 Å². The second-order valence-electron chi connectivity index (χ2n) is 5.92. The SMILES string of the molecule is CN(CCOC(=O)C1(C)CCCCC1O)c1ccccn1. The monoisotopic (exact) mass is 292 g/mol. The van der Waals surface area contributed by atoms with Crippen LogP contribution in [0.3, 0.4) is 0 Å². The molecule has 0 aromatic carbocycles. The number of carbonyl (C=O) groups excluding carboxylic acids is 1. The average Bonchev–Trinajstić information content (AvgIpc) is 2.51. The van der Waals surface area contributed by atoms with Crippen LogP contribution in [-0.4, -0.2) is 42.4 Å². The molecule has 2 atom stereocenters. The van der Waals surface area contributed by atoms with Crippen LogP contribution in [0.25, 0.3) is 0 Å². The van der Waals surface area contributed by atoms with Gasteiger partial charge in [-0.05, 0) is 31.9 Å². The third-order valence-corrected chi connectivity index (χ3v) is 4.33. The van der Waals surface area contributed by atoms with Crippen molar-refractivity contribution in [2.24, 2.45) is 5.41 Å². The highest BCUT2D eigenvalue weighted by Crippen LogP contribution is 2.37. The van der Waals surface area contributed by atoms with Crippen molar-refractivity contribution in [3.8, 4) is 0 Å². The maximum Gasteiger partial charge on any atom is 0.314 e. The van der Waals surface area contributed by atoms with Gasteiger partial charge in [-0.15, -0.1) is 0 Å². The van der Waals surface area contributed by atoms with Crippen LogP contribution < -0.4 is 4.90 Å². The summed E-state index contributed by atoms with van der Waals surface area (Å²) in [5.74, 6) is 0.557. The summed E-state index contributed by atoms with van der Waals surface area (Å²) in [6, 6.07) is 5.70. The van der Waals surface area contributed by atoms with E-state index in [0.29, 0.717) is 26.0 Å². The summed E-state index contributed by atoms with van der Waals surface area (Å²) in [6.07, 6.45) is 4.47. The van der Waals surface area contributed by atoms with Crippen LogP contribution in [0.4, 0.5) is 5.82 Å². The fourth-order valence-corrected chi connectivity index (χ4v) is 2.69. The van der Waals surface area contributed by atoms with Crippen LogP contribution in [0.5, 0.6) is 0 Å². The lowest BCUT2D eigenvalue weighted by Crippen LogP contribution is -2.44. The number of hydrogen-bond donors (Lipinski definition) is 1. The molecule has 0 spiro atoms. The van der Waals surface area contributed by atoms with Crippen molar-refractivity contribution >= 4 is 11.8 Å². The molecule has 5 heteroatoms. The zero-order valence-electron chi connectivity index (χ0n) is 12.8. The highest BCUT2D eigenvalue weighted by molar-refractivity contribution is 5.77. The lowest BCUT2D eigenvalue weighted by molar-refractivity contribution is -0.164. The summed E-state index contributed by atoms with van der Waals surface area (Å²) in [5.41, 5.74) is -0.748. The minimum Gasteiger partial charge on any atom is -0.463 e. The molecule has 0 bridgehead atoms. The molecule has 0 aliphatic heterocycles. The van der Waals surface area contributed by atoms with E-state index in [1.165, 1.54) is 0 Å². The smallest absolute Gasteiger partial charge is 0.314 e. The molecule has 21 heavy (non-hydrogen) atoms. The van der Waals surface area contributed by atoms with Gasteiger partial charge in [-0.2, -0.15) is 0 Å². The van der Waals surface area contributed by atoms with Gasteiger partial charge in [-0.25, -0.2) is 4.98 Å². The van der Waals surface area contributed by atoms with Crippen molar-refractivity contribution < 1.29 is 14.6 Å². The summed E-state index contributed by atoms with van der Waals surface area (Å²) < 4.78 is 5.38. The van der Waals surface area contributed by atoms with Gasteiger partial charge in [0, 0.05) is 13.2 Å². The van der Waals surface area contributed by atoms with Crippen LogP contribution in [-0.2, 0) is 9.53 Å². The minimum absolute atomic E-state index is 0.288. The van der Waals surface area contributed by atoms with E-state index < -0.39 is 11.5 Å². The van der Waals surface area contributed by atoms with Crippen molar-refractivity contribution in [3.63, 3.8) is 0 Å². The number of hydrogen-bond acceptors (Lipinski definition) is 5. The number of esters is 1. The molecule has 2 rings (SSSR count). The number of pyridine rings is 1. The molecule has 116 valence electrons. The number of rotatable bonds is 5. The lowest BCUT2D eigenvalue weighted by atomic mass is 9.73. The van der Waals surface area contributed by atoms with Crippen LogP contribution in [0.2, 0.25) is 0 Å². The van der Waals surface area contributed by atoms with E-state index in [1.807, 2.05) is 37.1 Å². The first-order valence-electron chi connectivity index (χ1n) is 7.51. The zero-order chi connectivity index (χ0) is 15.3. The number of aromatic nitrogens is 1. The van der Waals surface area contributed by atoms with E-state index in [1.54, 1.807) is 6.20 Å². The highest BCUT2D eigenvalue weighted by atomic mass is 16.5. The Balaban J connectivity index is 1.81. The number of anilines is 1. The first-order chi connectivity index (χ1) is 10.0. The Labute approximate surface area is 125 Å². The Morgan fingerprint density at radius 3 is 3.00 bits per heavy atom. The van der Waals surface area contributed by atoms with Crippen molar-refractivity contribution in [2.45, 2.75) is 38.7 Å². The van der Waals surface area contributed by atoms with Gasteiger partial charge in [-0.1, -0.05) is 18.9 Å². The second-order valence-corrected chi connectivity index (χ2v) is 5.92. The van der Waals surface area contributed by atoms with Crippen LogP contribution in [0.1, 0.15) is 32.6 Å². The van der Waals surface area contributed by atoms with Gasteiger partial charge in [0.2, 0.25) is 0 Å². The maximum absolute atomic E-state index is 12.2. The predicted molar refractivity (Wildman–Crippen MR) is 81.0 cm³/mol. The number of ether oxygens (including phenoxy) is 1. The second kappa shape index (κ2) is 6.89. The molecule has 1 aromatic heterocycles. The van der Waals surface area contributed by atoms with Gasteiger partial charge in [0.25, 0.3) is 0 Å². The molecule has 1 heterocycles. The maximum atomic E-state index is 12.2. The summed E-state index contributed by atoms with van der Waals surface area (Å²) >= 11 is 0. The van der Waals surface area contributed by atoms with E-state index in [-0.39, 0.29) is 5.97 Å². The van der Waals surface area contributed by atoms with Crippen molar-refractivity contribution in [2.75, 3.05) is 25.1 Å². The molecule has 1 aliphatic rings. The Morgan fingerprint density at radius 1 is 1.52 bits per heavy atom. The minimum atomic E-state index is -0.748. The van der Waals surface area contributed by atoms with Crippen LogP contribution in [0, 0.1) is 5.41 Å². The van der Waals surface area contributed by atoms with E-state index in [2.05, 4.69) is 4.98 Å². The molecule has 1 aromatic rings. The molecular weight excluding hydrogens is 268 g/mol. The largest absolute Gasteiger partial charge is 0.463 e. The molecule has 0 saturated heterocycles. The Morgan fingerprint density at radius 2 is 2.33 bits per heavy atom. The molecular formula is C16H24N2O3. The number of aliphatic hydroxyl groups is 1. The third-order valence-electron chi connectivity index (χ3n) is 4.33. The van der Waals surface area contributed by atoms with E-state index in [0.717, 1.165) is 18.7 Å². The molecule has 0 radical (unpaired) electrons. The van der Waals surface area contributed by atoms with Crippen molar-refractivity contribution in [1.29, 1.82) is 0 Å². The molecule has 1 aliphatic carbocycles. The summed E-state index contributed by atoms with van der Waals surface area (Å²) in [5, 5.41) is 10.1. The molecule has 1 saturated carbocycles. The zero-order valence-corrected chi connectivity index (χ0v) is 12.8. The molecule has 2 unspecified atom stereocenters. The number of aliphatic hydroxyl groups excluding tert-OH is 1. The Bertz CT molecular complexity index is 466. The molecule has 1 N–H and O–H groups in total. The predicted octanol–water partition coefficient (Wildman–Crippen LogP) is 2.00. The fourth-order valence-electron chi connectivity index (χ4n) is 2.69. The van der Waals surface area contributed by atoms with E-state index >= 15 is 0 Å². The van der Waals surface area contributed by atoms with Crippen LogP contribution >= 0.6 is 0 Å². The number of likely N-dealkylation sites (N-methyl/N-ethyl adjacent to an activating group) is 1. The topological polar surface area (TPSA) is 62.7 Å². The summed E-state index contributed by atoms with van der Waals surface area (Å²) in [6.45, 7) is 2.69. The highest BCUT2D eigenvalue weighted by Gasteiger charge is 2.43. The Kier molecular flexibility index (Phi) is 5.17. The normalized spacial score (nSPS) is 25.4. The van der Waals surface area contributed by atoms with Crippen molar-refractivity contribution in [1.82, 2.24) is 4.98 Å². The molecule has 1 fully saturated rings. The molecule has 5 nitrogen and oxygen atoms in total. The quantitative estimate of drug-likeness (QED) is 0.841. The van der Waals surface area contributed by atoms with Gasteiger partial charge in [0.05, 0.1) is 18.1 Å². The van der Waals surface area contributed by atoms with Gasteiger partial charge in [-0.3, -0.25) is 4.79 Å². The summed E-state index contributed by atoms with van der Waals surface area (Å²) in [4.78, 5) is 18.4. The van der Waals surface area contributed by atoms with Gasteiger partial charge in [0.1, 0.15) is 12.4 Å². The van der Waals surface area contributed by atoms with Crippen molar-refractivity contribution in [3.05, 3.63) is 24.4 Å². The van der Waals surface area contributed by atoms with Gasteiger partial charge >= 0.3 is 5.97 Å². The first kappa shape index (κ1) is 15.8. The fraction of sp³-hybridized carbons (Fsp3) is 0.625. The van der Waals surface area contributed by atoms with Crippen LogP contribution in [0.15, 0.2) is 24.4 Å². The van der Waals surface area contributed by atoms with Gasteiger partial charge < -0.3 is 14.7 Å². The standard InChI is InChI=1S/C16H24N2O3/c1-16(9-5-3-7-13(16)19)15(20)21-12-11-18(2)14-8-4-6-10-17-14/h4,6,8,10,13,19H,3,5,7,9,11-12H2,1-2H3. The number of carbonyl (C=O) groups is 1.